The zero-order valence-corrected chi connectivity index (χ0v) is 13.7. The highest BCUT2D eigenvalue weighted by molar-refractivity contribution is 6.33. The molecule has 24 heavy (non-hydrogen) atoms. The van der Waals surface area contributed by atoms with Crippen molar-refractivity contribution in [2.24, 2.45) is 11.8 Å². The average Bonchev–Trinajstić information content (AvgIpc) is 2.55. The zero-order chi connectivity index (χ0) is 17.9. The Bertz CT molecular complexity index is 633. The van der Waals surface area contributed by atoms with Gasteiger partial charge >= 0.3 is 12.1 Å². The van der Waals surface area contributed by atoms with Crippen LogP contribution in [0, 0.1) is 11.8 Å². The Morgan fingerprint density at radius 1 is 1.25 bits per heavy atom. The normalized spacial score (nSPS) is 21.2. The van der Waals surface area contributed by atoms with Crippen molar-refractivity contribution in [2.75, 3.05) is 12.4 Å². The van der Waals surface area contributed by atoms with Crippen LogP contribution in [0.1, 0.15) is 36.0 Å². The van der Waals surface area contributed by atoms with Crippen molar-refractivity contribution in [2.45, 2.75) is 31.9 Å². The molecular weight excluding hydrogens is 347 g/mol. The molecule has 0 radical (unpaired) electrons. The molecule has 0 bridgehead atoms. The van der Waals surface area contributed by atoms with Crippen LogP contribution >= 0.6 is 11.6 Å². The van der Waals surface area contributed by atoms with E-state index in [0.717, 1.165) is 0 Å². The number of alkyl halides is 3. The highest BCUT2D eigenvalue weighted by atomic mass is 35.5. The average molecular weight is 364 g/mol. The van der Waals surface area contributed by atoms with Crippen LogP contribution in [0.3, 0.4) is 0 Å². The van der Waals surface area contributed by atoms with Crippen LogP contribution in [-0.2, 0) is 9.53 Å². The lowest BCUT2D eigenvalue weighted by molar-refractivity contribution is -0.197. The number of nitrogens with one attached hydrogen (secondary N) is 1. The summed E-state index contributed by atoms with van der Waals surface area (Å²) in [5.41, 5.74) is 0.240. The predicted octanol–water partition coefficient (Wildman–Crippen LogP) is 4.43. The molecule has 0 saturated heterocycles. The van der Waals surface area contributed by atoms with E-state index < -0.39 is 29.9 Å². The van der Waals surface area contributed by atoms with Crippen molar-refractivity contribution < 1.29 is 27.5 Å². The molecule has 1 aromatic rings. The molecular formula is C16H17ClF3NO3. The van der Waals surface area contributed by atoms with Gasteiger partial charge < -0.3 is 10.1 Å². The maximum Gasteiger partial charge on any atom is 0.392 e. The molecule has 1 aliphatic carbocycles. The van der Waals surface area contributed by atoms with Crippen molar-refractivity contribution in [1.82, 2.24) is 0 Å². The molecule has 1 aliphatic rings. The number of amides is 1. The van der Waals surface area contributed by atoms with Gasteiger partial charge in [-0.05, 0) is 31.0 Å². The maximum absolute atomic E-state index is 13.1. The van der Waals surface area contributed by atoms with E-state index in [4.69, 9.17) is 11.6 Å². The molecule has 1 amide bonds. The first-order valence-corrected chi connectivity index (χ1v) is 7.87. The number of hydrogen-bond acceptors (Lipinski definition) is 3. The number of hydrogen-bond donors (Lipinski definition) is 1. The van der Waals surface area contributed by atoms with Gasteiger partial charge in [-0.25, -0.2) is 4.79 Å². The van der Waals surface area contributed by atoms with E-state index in [1.807, 2.05) is 0 Å². The molecule has 2 atom stereocenters. The summed E-state index contributed by atoms with van der Waals surface area (Å²) in [6.07, 6.45) is -3.22. The molecule has 0 aliphatic heterocycles. The van der Waals surface area contributed by atoms with E-state index >= 15 is 0 Å². The lowest BCUT2D eigenvalue weighted by Gasteiger charge is -2.32. The van der Waals surface area contributed by atoms with E-state index in [0.29, 0.717) is 12.8 Å². The standard InChI is InChI=1S/C16H17ClF3NO3/c1-24-15(23)11-8-9(6-7-13(11)17)21-14(22)10-4-2-3-5-12(10)16(18,19)20/h6-8,10,12H,2-5H2,1H3,(H,21,22). The summed E-state index contributed by atoms with van der Waals surface area (Å²) >= 11 is 5.88. The van der Waals surface area contributed by atoms with Crippen LogP contribution < -0.4 is 5.32 Å². The number of halogens is 4. The van der Waals surface area contributed by atoms with Crippen molar-refractivity contribution in [3.05, 3.63) is 28.8 Å². The molecule has 1 fully saturated rings. The topological polar surface area (TPSA) is 55.4 Å². The minimum Gasteiger partial charge on any atom is -0.465 e. The first-order chi connectivity index (χ1) is 11.2. The largest absolute Gasteiger partial charge is 0.465 e. The minimum absolute atomic E-state index is 0.0352. The fourth-order valence-electron chi connectivity index (χ4n) is 2.94. The molecule has 1 aromatic carbocycles. The third-order valence-electron chi connectivity index (χ3n) is 4.16. The van der Waals surface area contributed by atoms with Gasteiger partial charge in [0.2, 0.25) is 5.91 Å². The third-order valence-corrected chi connectivity index (χ3v) is 4.49. The van der Waals surface area contributed by atoms with E-state index in [-0.39, 0.29) is 29.1 Å². The van der Waals surface area contributed by atoms with Crippen LogP contribution in [0.4, 0.5) is 18.9 Å². The highest BCUT2D eigenvalue weighted by Gasteiger charge is 2.48. The lowest BCUT2D eigenvalue weighted by atomic mass is 9.78. The fourth-order valence-corrected chi connectivity index (χ4v) is 3.14. The molecule has 4 nitrogen and oxygen atoms in total. The Balaban J connectivity index is 2.18. The fraction of sp³-hybridized carbons (Fsp3) is 0.500. The molecule has 8 heteroatoms. The smallest absolute Gasteiger partial charge is 0.392 e. The van der Waals surface area contributed by atoms with Crippen LogP contribution in [0.25, 0.3) is 0 Å². The predicted molar refractivity (Wildman–Crippen MR) is 82.9 cm³/mol. The summed E-state index contributed by atoms with van der Waals surface area (Å²) in [7, 11) is 1.18. The number of anilines is 1. The number of carbonyl (C=O) groups excluding carboxylic acids is 2. The maximum atomic E-state index is 13.1. The summed E-state index contributed by atoms with van der Waals surface area (Å²) in [5.74, 6) is -4.16. The number of rotatable bonds is 3. The van der Waals surface area contributed by atoms with E-state index in [2.05, 4.69) is 10.1 Å². The Labute approximate surface area is 142 Å². The van der Waals surface area contributed by atoms with E-state index in [9.17, 15) is 22.8 Å². The second kappa shape index (κ2) is 7.42. The minimum atomic E-state index is -4.40. The van der Waals surface area contributed by atoms with E-state index in [1.54, 1.807) is 0 Å². The molecule has 0 heterocycles. The Kier molecular flexibility index (Phi) is 5.74. The number of ether oxygens (including phenoxy) is 1. The molecule has 2 unspecified atom stereocenters. The zero-order valence-electron chi connectivity index (χ0n) is 13.0. The number of benzene rings is 1. The SMILES string of the molecule is COC(=O)c1cc(NC(=O)C2CCCCC2C(F)(F)F)ccc1Cl. The number of carbonyl (C=O) groups is 2. The van der Waals surface area contributed by atoms with Gasteiger partial charge in [-0.15, -0.1) is 0 Å². The first kappa shape index (κ1) is 18.6. The van der Waals surface area contributed by atoms with Gasteiger partial charge in [-0.3, -0.25) is 4.79 Å². The highest BCUT2D eigenvalue weighted by Crippen LogP contribution is 2.42. The van der Waals surface area contributed by atoms with Crippen molar-refractivity contribution in [3.63, 3.8) is 0 Å². The molecule has 0 spiro atoms. The third kappa shape index (κ3) is 4.20. The van der Waals surface area contributed by atoms with Gasteiger partial charge in [0.15, 0.2) is 0 Å². The molecule has 1 saturated carbocycles. The van der Waals surface area contributed by atoms with Gasteiger partial charge in [0, 0.05) is 11.6 Å². The second-order valence-corrected chi connectivity index (χ2v) is 6.12. The summed E-state index contributed by atoms with van der Waals surface area (Å²) in [4.78, 5) is 23.9. The van der Waals surface area contributed by atoms with Crippen LogP contribution in [-0.4, -0.2) is 25.2 Å². The quantitative estimate of drug-likeness (QED) is 0.808. The number of esters is 1. The monoisotopic (exact) mass is 363 g/mol. The van der Waals surface area contributed by atoms with Crippen LogP contribution in [0.15, 0.2) is 18.2 Å². The van der Waals surface area contributed by atoms with Gasteiger partial charge in [0.05, 0.1) is 23.6 Å². The van der Waals surface area contributed by atoms with Crippen molar-refractivity contribution in [3.8, 4) is 0 Å². The first-order valence-electron chi connectivity index (χ1n) is 7.49. The van der Waals surface area contributed by atoms with E-state index in [1.165, 1.54) is 25.3 Å². The Hall–Kier alpha value is -1.76. The summed E-state index contributed by atoms with van der Waals surface area (Å²) in [5, 5.41) is 2.59. The van der Waals surface area contributed by atoms with Crippen molar-refractivity contribution in [1.29, 1.82) is 0 Å². The van der Waals surface area contributed by atoms with Gasteiger partial charge in [0.25, 0.3) is 0 Å². The summed E-state index contributed by atoms with van der Waals surface area (Å²) < 4.78 is 43.9. The Morgan fingerprint density at radius 2 is 1.92 bits per heavy atom. The summed E-state index contributed by atoms with van der Waals surface area (Å²) in [6.45, 7) is 0. The molecule has 2 rings (SSSR count). The summed E-state index contributed by atoms with van der Waals surface area (Å²) in [6, 6.07) is 4.10. The molecule has 132 valence electrons. The van der Waals surface area contributed by atoms with Gasteiger partial charge in [0.1, 0.15) is 0 Å². The van der Waals surface area contributed by atoms with Gasteiger partial charge in [-0.1, -0.05) is 24.4 Å². The van der Waals surface area contributed by atoms with Crippen molar-refractivity contribution >= 4 is 29.2 Å². The van der Waals surface area contributed by atoms with Crippen LogP contribution in [0.2, 0.25) is 5.02 Å². The second-order valence-electron chi connectivity index (χ2n) is 5.71. The Morgan fingerprint density at radius 3 is 2.54 bits per heavy atom. The molecule has 1 N–H and O–H groups in total. The number of methoxy groups -OCH3 is 1. The molecule has 0 aromatic heterocycles. The lowest BCUT2D eigenvalue weighted by Crippen LogP contribution is -2.39. The van der Waals surface area contributed by atoms with Gasteiger partial charge in [-0.2, -0.15) is 13.2 Å². The van der Waals surface area contributed by atoms with Crippen LogP contribution in [0.5, 0.6) is 0 Å².